The van der Waals surface area contributed by atoms with Gasteiger partial charge in [0.05, 0.1) is 10.9 Å². The minimum atomic E-state index is -4.45. The number of hydrogen-bond acceptors (Lipinski definition) is 1. The van der Waals surface area contributed by atoms with Crippen LogP contribution >= 0.6 is 23.2 Å². The van der Waals surface area contributed by atoms with Crippen LogP contribution in [0.1, 0.15) is 12.5 Å². The zero-order valence-electron chi connectivity index (χ0n) is 9.84. The van der Waals surface area contributed by atoms with Gasteiger partial charge in [0.2, 0.25) is 5.91 Å². The van der Waals surface area contributed by atoms with Crippen molar-refractivity contribution in [3.05, 3.63) is 29.8 Å². The van der Waals surface area contributed by atoms with E-state index in [1.165, 1.54) is 24.0 Å². The minimum Gasteiger partial charge on any atom is -0.309 e. The third kappa shape index (κ3) is 2.54. The molecule has 0 aliphatic carbocycles. The molecule has 0 bridgehead atoms. The Bertz CT molecular complexity index is 516. The van der Waals surface area contributed by atoms with Gasteiger partial charge in [0, 0.05) is 12.2 Å². The van der Waals surface area contributed by atoms with E-state index in [0.29, 0.717) is 0 Å². The van der Waals surface area contributed by atoms with Gasteiger partial charge in [-0.1, -0.05) is 6.07 Å². The molecule has 1 aromatic rings. The minimum absolute atomic E-state index is 0.0850. The summed E-state index contributed by atoms with van der Waals surface area (Å²) in [7, 11) is 0. The molecule has 2 rings (SSSR count). The van der Waals surface area contributed by atoms with E-state index in [1.54, 1.807) is 0 Å². The molecule has 1 fully saturated rings. The van der Waals surface area contributed by atoms with E-state index in [4.69, 9.17) is 23.2 Å². The molecule has 0 N–H and O–H groups in total. The van der Waals surface area contributed by atoms with Crippen LogP contribution in [0.25, 0.3) is 0 Å². The predicted octanol–water partition coefficient (Wildman–Crippen LogP) is 3.66. The lowest BCUT2D eigenvalue weighted by molar-refractivity contribution is -0.137. The quantitative estimate of drug-likeness (QED) is 0.725. The van der Waals surface area contributed by atoms with Crippen molar-refractivity contribution < 1.29 is 18.0 Å². The van der Waals surface area contributed by atoms with E-state index in [9.17, 15) is 18.0 Å². The van der Waals surface area contributed by atoms with Crippen molar-refractivity contribution >= 4 is 34.8 Å². The van der Waals surface area contributed by atoms with E-state index in [-0.39, 0.29) is 12.2 Å². The summed E-state index contributed by atoms with van der Waals surface area (Å²) in [6, 6.07) is 4.54. The maximum absolute atomic E-state index is 12.6. The summed E-state index contributed by atoms with van der Waals surface area (Å²) < 4.78 is 37.9. The van der Waals surface area contributed by atoms with E-state index < -0.39 is 27.9 Å². The van der Waals surface area contributed by atoms with Gasteiger partial charge in [-0.25, -0.2) is 0 Å². The number of carbonyl (C=O) groups is 1. The second-order valence-electron chi connectivity index (χ2n) is 4.51. The van der Waals surface area contributed by atoms with Crippen molar-refractivity contribution in [2.75, 3.05) is 11.4 Å². The fourth-order valence-electron chi connectivity index (χ4n) is 1.89. The summed E-state index contributed by atoms with van der Waals surface area (Å²) in [5.74, 6) is -0.492. The number of rotatable bonds is 1. The Hall–Kier alpha value is -0.940. The number of benzene rings is 1. The van der Waals surface area contributed by atoms with Crippen LogP contribution in [0.3, 0.4) is 0 Å². The fraction of sp³-hybridized carbons (Fsp3) is 0.417. The smallest absolute Gasteiger partial charge is 0.309 e. The number of nitrogens with zero attached hydrogens (tertiary/aromatic N) is 1. The number of amides is 1. The van der Waals surface area contributed by atoms with Crippen LogP contribution in [0.5, 0.6) is 0 Å². The van der Waals surface area contributed by atoms with Gasteiger partial charge in [0.1, 0.15) is 4.87 Å². The molecule has 1 saturated heterocycles. The first kappa shape index (κ1) is 14.5. The molecular weight excluding hydrogens is 302 g/mol. The third-order valence-corrected chi connectivity index (χ3v) is 4.19. The molecular formula is C12H10Cl2F3NO. The van der Waals surface area contributed by atoms with E-state index >= 15 is 0 Å². The van der Waals surface area contributed by atoms with E-state index in [0.717, 1.165) is 12.1 Å². The summed E-state index contributed by atoms with van der Waals surface area (Å²) in [5, 5.41) is -0.656. The molecule has 1 aromatic carbocycles. The highest BCUT2D eigenvalue weighted by atomic mass is 35.5. The lowest BCUT2D eigenvalue weighted by Crippen LogP contribution is -2.35. The van der Waals surface area contributed by atoms with Crippen molar-refractivity contribution in [1.82, 2.24) is 0 Å². The molecule has 0 saturated carbocycles. The second-order valence-corrected chi connectivity index (χ2v) is 5.82. The Labute approximate surface area is 118 Å². The average Bonchev–Trinajstić information content (AvgIpc) is 2.52. The molecule has 1 aliphatic heterocycles. The highest BCUT2D eigenvalue weighted by Crippen LogP contribution is 2.38. The Kier molecular flexibility index (Phi) is 3.47. The second kappa shape index (κ2) is 4.56. The van der Waals surface area contributed by atoms with Crippen LogP contribution in [0.15, 0.2) is 24.3 Å². The monoisotopic (exact) mass is 311 g/mol. The molecule has 1 amide bonds. The third-order valence-electron chi connectivity index (χ3n) is 3.08. The first-order valence-corrected chi connectivity index (χ1v) is 6.27. The van der Waals surface area contributed by atoms with Crippen molar-refractivity contribution in [1.29, 1.82) is 0 Å². The van der Waals surface area contributed by atoms with Gasteiger partial charge >= 0.3 is 6.18 Å². The summed E-state index contributed by atoms with van der Waals surface area (Å²) in [5.41, 5.74) is -0.665. The molecule has 2 unspecified atom stereocenters. The SMILES string of the molecule is CC1(Cl)C(=O)N(c2cccc(C(F)(F)F)c2)CC1Cl. The standard InChI is InChI=1S/C12H10Cl2F3NO/c1-11(14)9(13)6-18(10(11)19)8-4-2-3-7(5-8)12(15,16)17/h2-5,9H,6H2,1H3. The molecule has 0 spiro atoms. The number of halogens is 5. The summed E-state index contributed by atoms with van der Waals surface area (Å²) in [4.78, 5) is 11.9. The number of anilines is 1. The van der Waals surface area contributed by atoms with Crippen molar-refractivity contribution in [2.24, 2.45) is 0 Å². The number of carbonyl (C=O) groups excluding carboxylic acids is 1. The Morgan fingerprint density at radius 1 is 1.42 bits per heavy atom. The summed E-state index contributed by atoms with van der Waals surface area (Å²) in [6.45, 7) is 1.55. The molecule has 104 valence electrons. The Morgan fingerprint density at radius 2 is 2.05 bits per heavy atom. The topological polar surface area (TPSA) is 20.3 Å². The average molecular weight is 312 g/mol. The van der Waals surface area contributed by atoms with Crippen molar-refractivity contribution in [2.45, 2.75) is 23.4 Å². The highest BCUT2D eigenvalue weighted by Gasteiger charge is 2.49. The first-order valence-electron chi connectivity index (χ1n) is 5.46. The zero-order chi connectivity index (χ0) is 14.4. The van der Waals surface area contributed by atoms with Gasteiger partial charge in [-0.15, -0.1) is 23.2 Å². The van der Waals surface area contributed by atoms with Crippen LogP contribution in [-0.4, -0.2) is 22.7 Å². The van der Waals surface area contributed by atoms with E-state index in [2.05, 4.69) is 0 Å². The van der Waals surface area contributed by atoms with Gasteiger partial charge in [0.25, 0.3) is 0 Å². The zero-order valence-corrected chi connectivity index (χ0v) is 11.4. The van der Waals surface area contributed by atoms with Gasteiger partial charge < -0.3 is 4.90 Å². The maximum atomic E-state index is 12.6. The molecule has 1 heterocycles. The van der Waals surface area contributed by atoms with E-state index in [1.807, 2.05) is 0 Å². The fourth-order valence-corrected chi connectivity index (χ4v) is 2.29. The van der Waals surface area contributed by atoms with Crippen LogP contribution in [0, 0.1) is 0 Å². The molecule has 2 nitrogen and oxygen atoms in total. The highest BCUT2D eigenvalue weighted by molar-refractivity contribution is 6.44. The van der Waals surface area contributed by atoms with Crippen LogP contribution in [0.2, 0.25) is 0 Å². The van der Waals surface area contributed by atoms with Crippen molar-refractivity contribution in [3.8, 4) is 0 Å². The Balaban J connectivity index is 2.37. The van der Waals surface area contributed by atoms with Gasteiger partial charge in [-0.3, -0.25) is 4.79 Å². The van der Waals surface area contributed by atoms with Gasteiger partial charge in [-0.05, 0) is 25.1 Å². The number of hydrogen-bond donors (Lipinski definition) is 0. The number of alkyl halides is 5. The molecule has 1 aliphatic rings. The molecule has 0 radical (unpaired) electrons. The molecule has 19 heavy (non-hydrogen) atoms. The summed E-state index contributed by atoms with van der Waals surface area (Å²) in [6.07, 6.45) is -4.45. The summed E-state index contributed by atoms with van der Waals surface area (Å²) >= 11 is 12.0. The van der Waals surface area contributed by atoms with Crippen molar-refractivity contribution in [3.63, 3.8) is 0 Å². The lowest BCUT2D eigenvalue weighted by Gasteiger charge is -2.19. The molecule has 2 atom stereocenters. The Morgan fingerprint density at radius 3 is 2.53 bits per heavy atom. The normalized spacial score (nSPS) is 28.0. The first-order chi connectivity index (χ1) is 8.64. The maximum Gasteiger partial charge on any atom is 0.416 e. The van der Waals surface area contributed by atoms with Crippen LogP contribution in [-0.2, 0) is 11.0 Å². The molecule has 0 aromatic heterocycles. The van der Waals surface area contributed by atoms with Crippen LogP contribution in [0.4, 0.5) is 18.9 Å². The lowest BCUT2D eigenvalue weighted by atomic mass is 10.1. The molecule has 7 heteroatoms. The largest absolute Gasteiger partial charge is 0.416 e. The van der Waals surface area contributed by atoms with Gasteiger partial charge in [0.15, 0.2) is 0 Å². The van der Waals surface area contributed by atoms with Gasteiger partial charge in [-0.2, -0.15) is 13.2 Å². The van der Waals surface area contributed by atoms with Crippen LogP contribution < -0.4 is 4.90 Å². The predicted molar refractivity (Wildman–Crippen MR) is 67.7 cm³/mol.